The lowest BCUT2D eigenvalue weighted by Crippen LogP contribution is -2.17. The maximum absolute atomic E-state index is 5.44. The van der Waals surface area contributed by atoms with E-state index >= 15 is 0 Å². The van der Waals surface area contributed by atoms with Crippen molar-refractivity contribution >= 4 is 5.82 Å². The number of rotatable bonds is 3. The van der Waals surface area contributed by atoms with Crippen molar-refractivity contribution in [2.24, 2.45) is 0 Å². The monoisotopic (exact) mass is 207 g/mol. The molecule has 0 spiro atoms. The van der Waals surface area contributed by atoms with Gasteiger partial charge in [-0.05, 0) is 13.3 Å². The van der Waals surface area contributed by atoms with Crippen LogP contribution in [0.25, 0.3) is 0 Å². The van der Waals surface area contributed by atoms with Crippen molar-refractivity contribution in [2.45, 2.75) is 33.3 Å². The summed E-state index contributed by atoms with van der Waals surface area (Å²) in [4.78, 5) is 8.87. The van der Waals surface area contributed by atoms with E-state index in [2.05, 4.69) is 22.2 Å². The van der Waals surface area contributed by atoms with Crippen LogP contribution in [0.5, 0.6) is 0 Å². The number of hydrogen-bond acceptors (Lipinski definition) is 4. The Hall–Kier alpha value is -1.16. The first-order valence-corrected chi connectivity index (χ1v) is 5.49. The van der Waals surface area contributed by atoms with Crippen molar-refractivity contribution in [3.63, 3.8) is 0 Å². The lowest BCUT2D eigenvalue weighted by atomic mass is 10.1. The molecule has 0 aliphatic carbocycles. The van der Waals surface area contributed by atoms with Gasteiger partial charge in [0.05, 0.1) is 18.9 Å². The van der Waals surface area contributed by atoms with Gasteiger partial charge in [0, 0.05) is 18.5 Å². The van der Waals surface area contributed by atoms with Crippen LogP contribution >= 0.6 is 0 Å². The molecule has 0 saturated heterocycles. The van der Waals surface area contributed by atoms with Crippen molar-refractivity contribution in [3.05, 3.63) is 17.1 Å². The Morgan fingerprint density at radius 1 is 1.40 bits per heavy atom. The van der Waals surface area contributed by atoms with Gasteiger partial charge in [-0.15, -0.1) is 0 Å². The van der Waals surface area contributed by atoms with E-state index in [1.165, 1.54) is 0 Å². The molecule has 82 valence electrons. The number of nitrogens with zero attached hydrogens (tertiary/aromatic N) is 2. The molecule has 0 radical (unpaired) electrons. The van der Waals surface area contributed by atoms with Crippen LogP contribution in [0.4, 0.5) is 5.82 Å². The van der Waals surface area contributed by atoms with Gasteiger partial charge in [-0.25, -0.2) is 9.97 Å². The summed E-state index contributed by atoms with van der Waals surface area (Å²) in [5, 5.41) is 3.33. The summed E-state index contributed by atoms with van der Waals surface area (Å²) in [6.45, 7) is 6.44. The first-order valence-electron chi connectivity index (χ1n) is 5.49. The molecular weight excluding hydrogens is 190 g/mol. The highest BCUT2D eigenvalue weighted by Gasteiger charge is 2.16. The minimum absolute atomic E-state index is 0.641. The van der Waals surface area contributed by atoms with Crippen molar-refractivity contribution < 1.29 is 4.74 Å². The average Bonchev–Trinajstić information content (AvgIpc) is 2.25. The van der Waals surface area contributed by atoms with Gasteiger partial charge in [-0.3, -0.25) is 0 Å². The van der Waals surface area contributed by atoms with Crippen LogP contribution < -0.4 is 5.32 Å². The van der Waals surface area contributed by atoms with E-state index in [0.29, 0.717) is 6.61 Å². The quantitative estimate of drug-likeness (QED) is 0.819. The molecule has 0 bridgehead atoms. The molecule has 1 aliphatic rings. The lowest BCUT2D eigenvalue weighted by molar-refractivity contribution is 0.109. The summed E-state index contributed by atoms with van der Waals surface area (Å²) in [5.41, 5.74) is 2.28. The minimum Gasteiger partial charge on any atom is -0.376 e. The molecule has 1 aromatic heterocycles. The highest BCUT2D eigenvalue weighted by molar-refractivity contribution is 5.47. The number of aromatic nitrogens is 2. The third-order valence-corrected chi connectivity index (χ3v) is 2.48. The number of ether oxygens (including phenoxy) is 1. The number of fused-ring (bicyclic) bond motifs is 1. The fourth-order valence-electron chi connectivity index (χ4n) is 1.74. The molecule has 0 unspecified atom stereocenters. The highest BCUT2D eigenvalue weighted by atomic mass is 16.5. The SMILES string of the molecule is CCCNc1nc(C)nc2c1COCC2. The molecule has 1 aliphatic heterocycles. The maximum Gasteiger partial charge on any atom is 0.135 e. The number of nitrogens with one attached hydrogen (secondary N) is 1. The Morgan fingerprint density at radius 2 is 2.27 bits per heavy atom. The summed E-state index contributed by atoms with van der Waals surface area (Å²) in [6, 6.07) is 0. The molecule has 1 N–H and O–H groups in total. The van der Waals surface area contributed by atoms with E-state index in [1.807, 2.05) is 6.92 Å². The Labute approximate surface area is 90.1 Å². The van der Waals surface area contributed by atoms with Crippen LogP contribution in [0.15, 0.2) is 0 Å². The zero-order valence-corrected chi connectivity index (χ0v) is 9.34. The number of hydrogen-bond donors (Lipinski definition) is 1. The molecule has 2 rings (SSSR count). The van der Waals surface area contributed by atoms with Gasteiger partial charge < -0.3 is 10.1 Å². The normalized spacial score (nSPS) is 14.8. The van der Waals surface area contributed by atoms with Crippen LogP contribution in [0.3, 0.4) is 0 Å². The largest absolute Gasteiger partial charge is 0.376 e. The predicted molar refractivity (Wildman–Crippen MR) is 58.9 cm³/mol. The van der Waals surface area contributed by atoms with Crippen LogP contribution in [-0.2, 0) is 17.8 Å². The fourth-order valence-corrected chi connectivity index (χ4v) is 1.74. The van der Waals surface area contributed by atoms with E-state index < -0.39 is 0 Å². The summed E-state index contributed by atoms with van der Waals surface area (Å²) in [5.74, 6) is 1.80. The van der Waals surface area contributed by atoms with E-state index in [0.717, 1.165) is 48.9 Å². The third kappa shape index (κ3) is 2.26. The van der Waals surface area contributed by atoms with E-state index in [-0.39, 0.29) is 0 Å². The second-order valence-electron chi connectivity index (χ2n) is 3.77. The fraction of sp³-hybridized carbons (Fsp3) is 0.636. The van der Waals surface area contributed by atoms with Crippen molar-refractivity contribution in [2.75, 3.05) is 18.5 Å². The molecule has 0 fully saturated rings. The van der Waals surface area contributed by atoms with Crippen LogP contribution in [0.2, 0.25) is 0 Å². The molecule has 0 amide bonds. The maximum atomic E-state index is 5.44. The first kappa shape index (κ1) is 10.4. The van der Waals surface area contributed by atoms with Gasteiger partial charge in [-0.1, -0.05) is 6.92 Å². The first-order chi connectivity index (χ1) is 7.31. The molecule has 4 heteroatoms. The lowest BCUT2D eigenvalue weighted by Gasteiger charge is -2.19. The van der Waals surface area contributed by atoms with Crippen molar-refractivity contribution in [3.8, 4) is 0 Å². The summed E-state index contributed by atoms with van der Waals surface area (Å²) < 4.78 is 5.44. The van der Waals surface area contributed by atoms with Crippen molar-refractivity contribution in [1.29, 1.82) is 0 Å². The second-order valence-corrected chi connectivity index (χ2v) is 3.77. The molecule has 4 nitrogen and oxygen atoms in total. The minimum atomic E-state index is 0.641. The van der Waals surface area contributed by atoms with Crippen LogP contribution in [-0.4, -0.2) is 23.1 Å². The molecular formula is C11H17N3O. The Kier molecular flexibility index (Phi) is 3.16. The zero-order valence-electron chi connectivity index (χ0n) is 9.34. The molecule has 0 saturated carbocycles. The summed E-state index contributed by atoms with van der Waals surface area (Å²) >= 11 is 0. The van der Waals surface area contributed by atoms with Crippen LogP contribution in [0.1, 0.15) is 30.4 Å². The standard InChI is InChI=1S/C11H17N3O/c1-3-5-12-11-9-7-15-6-4-10(9)13-8(2)14-11/h3-7H2,1-2H3,(H,12,13,14). The van der Waals surface area contributed by atoms with Gasteiger partial charge in [0.2, 0.25) is 0 Å². The highest BCUT2D eigenvalue weighted by Crippen LogP contribution is 2.21. The van der Waals surface area contributed by atoms with Gasteiger partial charge in [0.25, 0.3) is 0 Å². The van der Waals surface area contributed by atoms with Gasteiger partial charge >= 0.3 is 0 Å². The van der Waals surface area contributed by atoms with E-state index in [4.69, 9.17) is 4.74 Å². The Balaban J connectivity index is 2.30. The number of aryl methyl sites for hydroxylation is 1. The smallest absolute Gasteiger partial charge is 0.135 e. The topological polar surface area (TPSA) is 47.0 Å². The third-order valence-electron chi connectivity index (χ3n) is 2.48. The molecule has 0 atom stereocenters. The van der Waals surface area contributed by atoms with E-state index in [1.54, 1.807) is 0 Å². The van der Waals surface area contributed by atoms with E-state index in [9.17, 15) is 0 Å². The number of anilines is 1. The summed E-state index contributed by atoms with van der Waals surface area (Å²) in [6.07, 6.45) is 2.00. The van der Waals surface area contributed by atoms with Crippen LogP contribution in [0, 0.1) is 6.92 Å². The van der Waals surface area contributed by atoms with Gasteiger partial charge in [0.1, 0.15) is 11.6 Å². The molecule has 15 heavy (non-hydrogen) atoms. The Bertz CT molecular complexity index is 352. The average molecular weight is 207 g/mol. The molecule has 0 aromatic carbocycles. The van der Waals surface area contributed by atoms with Crippen molar-refractivity contribution in [1.82, 2.24) is 9.97 Å². The van der Waals surface area contributed by atoms with Gasteiger partial charge in [-0.2, -0.15) is 0 Å². The van der Waals surface area contributed by atoms with Gasteiger partial charge in [0.15, 0.2) is 0 Å². The molecule has 1 aromatic rings. The Morgan fingerprint density at radius 3 is 3.07 bits per heavy atom. The summed E-state index contributed by atoms with van der Waals surface area (Å²) in [7, 11) is 0. The zero-order chi connectivity index (χ0) is 10.7. The predicted octanol–water partition coefficient (Wildman–Crippen LogP) is 1.68. The molecule has 2 heterocycles. The second kappa shape index (κ2) is 4.57.